The Morgan fingerprint density at radius 2 is 1.53 bits per heavy atom. The minimum Gasteiger partial charge on any atom is -0.493 e. The third-order valence-corrected chi connectivity index (χ3v) is 9.70. The molecule has 8 rings (SSSR count). The fourth-order valence-electron chi connectivity index (χ4n) is 7.05. The molecule has 6 aromatic rings. The fraction of sp³-hybridized carbons (Fsp3) is 0.200. The Kier molecular flexibility index (Phi) is 8.09. The number of hydrogen-bond donors (Lipinski definition) is 0. The van der Waals surface area contributed by atoms with Crippen LogP contribution in [0.4, 0.5) is 5.95 Å². The van der Waals surface area contributed by atoms with Crippen molar-refractivity contribution >= 4 is 56.9 Å². The van der Waals surface area contributed by atoms with Crippen LogP contribution >= 0.6 is 11.6 Å². The van der Waals surface area contributed by atoms with E-state index in [0.717, 1.165) is 73.9 Å². The Hall–Kier alpha value is -5.47. The van der Waals surface area contributed by atoms with Crippen LogP contribution in [0.1, 0.15) is 33.6 Å². The molecule has 0 unspecified atom stereocenters. The number of piperazine rings is 1. The summed E-state index contributed by atoms with van der Waals surface area (Å²) in [5, 5.41) is 2.44. The van der Waals surface area contributed by atoms with Crippen LogP contribution in [0.15, 0.2) is 91.0 Å². The van der Waals surface area contributed by atoms with E-state index in [9.17, 15) is 4.79 Å². The van der Waals surface area contributed by atoms with Crippen LogP contribution in [-0.2, 0) is 6.42 Å². The number of anilines is 1. The lowest BCUT2D eigenvalue weighted by atomic mass is 9.99. The highest BCUT2D eigenvalue weighted by Gasteiger charge is 2.31. The molecule has 0 radical (unpaired) electrons. The summed E-state index contributed by atoms with van der Waals surface area (Å²) >= 11 is 6.38. The number of ether oxygens (including phenoxy) is 2. The highest BCUT2D eigenvalue weighted by molar-refractivity contribution is 6.31. The summed E-state index contributed by atoms with van der Waals surface area (Å²) < 4.78 is 11.2. The molecule has 1 aliphatic heterocycles. The van der Waals surface area contributed by atoms with Crippen LogP contribution < -0.4 is 14.4 Å². The first-order valence-corrected chi connectivity index (χ1v) is 16.8. The molecular weight excluding hydrogens is 634 g/mol. The Balaban J connectivity index is 1.11. The quantitative estimate of drug-likeness (QED) is 0.178. The second-order valence-corrected chi connectivity index (χ2v) is 12.7. The molecule has 1 aliphatic carbocycles. The van der Waals surface area contributed by atoms with Gasteiger partial charge in [-0.3, -0.25) is 4.79 Å². The maximum atomic E-state index is 14.5. The molecule has 0 atom stereocenters. The molecule has 9 heteroatoms. The van der Waals surface area contributed by atoms with Crippen LogP contribution in [0, 0.1) is 0 Å². The van der Waals surface area contributed by atoms with Crippen molar-refractivity contribution in [3.8, 4) is 22.8 Å². The smallest absolute Gasteiger partial charge is 0.255 e. The number of rotatable bonds is 6. The maximum absolute atomic E-state index is 14.5. The highest BCUT2D eigenvalue weighted by atomic mass is 35.5. The first kappa shape index (κ1) is 30.8. The molecule has 8 nitrogen and oxygen atoms in total. The van der Waals surface area contributed by atoms with Gasteiger partial charge in [0.1, 0.15) is 0 Å². The predicted molar refractivity (Wildman–Crippen MR) is 196 cm³/mol. The summed E-state index contributed by atoms with van der Waals surface area (Å²) in [5.74, 6) is 2.04. The minimum absolute atomic E-state index is 0.0359. The molecule has 1 saturated heterocycles. The molecular formula is C40H34ClN5O3. The maximum Gasteiger partial charge on any atom is 0.255 e. The number of methoxy groups -OCH3 is 2. The van der Waals surface area contributed by atoms with E-state index in [4.69, 9.17) is 36.0 Å². The van der Waals surface area contributed by atoms with Gasteiger partial charge in [-0.1, -0.05) is 72.3 Å². The van der Waals surface area contributed by atoms with Crippen molar-refractivity contribution in [1.29, 1.82) is 0 Å². The molecule has 1 fully saturated rings. The SMILES string of the molecule is COc1cccc(/C=C2/CCc3c2nc2ccccc2c3C(=O)N2CCN(c3nc(-c4ccccc4)c4cc(Cl)ccc4n3)CC2)c1OC. The van der Waals surface area contributed by atoms with E-state index in [1.165, 1.54) is 0 Å². The van der Waals surface area contributed by atoms with E-state index in [1.807, 2.05) is 95.9 Å². The van der Waals surface area contributed by atoms with Gasteiger partial charge in [0, 0.05) is 53.1 Å². The van der Waals surface area contributed by atoms with Gasteiger partial charge < -0.3 is 19.3 Å². The molecule has 0 spiro atoms. The third-order valence-electron chi connectivity index (χ3n) is 9.46. The van der Waals surface area contributed by atoms with Crippen molar-refractivity contribution in [3.05, 3.63) is 118 Å². The van der Waals surface area contributed by atoms with E-state index in [1.54, 1.807) is 14.2 Å². The number of halogens is 1. The number of para-hydroxylation sites is 2. The molecule has 2 aliphatic rings. The second-order valence-electron chi connectivity index (χ2n) is 12.3. The van der Waals surface area contributed by atoms with E-state index in [2.05, 4.69) is 11.0 Å². The number of allylic oxidation sites excluding steroid dienone is 1. The van der Waals surface area contributed by atoms with Crippen molar-refractivity contribution in [1.82, 2.24) is 19.9 Å². The summed E-state index contributed by atoms with van der Waals surface area (Å²) in [6.45, 7) is 2.34. The lowest BCUT2D eigenvalue weighted by Crippen LogP contribution is -2.49. The summed E-state index contributed by atoms with van der Waals surface area (Å²) in [7, 11) is 3.29. The monoisotopic (exact) mass is 667 g/mol. The van der Waals surface area contributed by atoms with Gasteiger partial charge in [-0.05, 0) is 60.4 Å². The number of pyridine rings is 1. The van der Waals surface area contributed by atoms with Gasteiger partial charge in [0.25, 0.3) is 5.91 Å². The molecule has 49 heavy (non-hydrogen) atoms. The van der Waals surface area contributed by atoms with E-state index < -0.39 is 0 Å². The number of carbonyl (C=O) groups is 1. The van der Waals surface area contributed by atoms with Crippen LogP contribution in [0.2, 0.25) is 5.02 Å². The van der Waals surface area contributed by atoms with Crippen LogP contribution in [0.3, 0.4) is 0 Å². The molecule has 244 valence electrons. The Morgan fingerprint density at radius 1 is 0.755 bits per heavy atom. The number of carbonyl (C=O) groups excluding carboxylic acids is 1. The van der Waals surface area contributed by atoms with Crippen molar-refractivity contribution in [2.24, 2.45) is 0 Å². The standard InChI is InChI=1S/C40H34ClN5O3/c1-48-34-14-8-11-27(38(34)49-2)23-26-15-17-30-35(29-12-6-7-13-32(29)42-37(26)30)39(47)45-19-21-46(22-20-45)40-43-33-18-16-28(41)24-31(33)36(44-40)25-9-4-3-5-10-25/h3-14,16,18,23-24H,15,17,19-22H2,1-2H3/b26-23-. The lowest BCUT2D eigenvalue weighted by molar-refractivity contribution is 0.0747. The number of hydrogen-bond acceptors (Lipinski definition) is 7. The first-order valence-electron chi connectivity index (χ1n) is 16.4. The molecule has 3 heterocycles. The minimum atomic E-state index is 0.0359. The van der Waals surface area contributed by atoms with Crippen LogP contribution in [0.25, 0.3) is 44.7 Å². The first-order chi connectivity index (χ1) is 24.0. The molecule has 4 aromatic carbocycles. The zero-order valence-electron chi connectivity index (χ0n) is 27.3. The zero-order valence-corrected chi connectivity index (χ0v) is 28.1. The number of fused-ring (bicyclic) bond motifs is 3. The number of nitrogens with zero attached hydrogens (tertiary/aromatic N) is 5. The normalized spacial score (nSPS) is 15.2. The average Bonchev–Trinajstić information content (AvgIpc) is 3.54. The van der Waals surface area contributed by atoms with Gasteiger partial charge in [-0.25, -0.2) is 15.0 Å². The van der Waals surface area contributed by atoms with E-state index >= 15 is 0 Å². The van der Waals surface area contributed by atoms with Gasteiger partial charge in [0.2, 0.25) is 5.95 Å². The Bertz CT molecular complexity index is 2260. The van der Waals surface area contributed by atoms with Crippen LogP contribution in [0.5, 0.6) is 11.5 Å². The summed E-state index contributed by atoms with van der Waals surface area (Å²) in [6, 6.07) is 29.6. The zero-order chi connectivity index (χ0) is 33.5. The lowest BCUT2D eigenvalue weighted by Gasteiger charge is -2.35. The van der Waals surface area contributed by atoms with Gasteiger partial charge in [0.05, 0.1) is 42.2 Å². The fourth-order valence-corrected chi connectivity index (χ4v) is 7.22. The summed E-state index contributed by atoms with van der Waals surface area (Å²) in [6.07, 6.45) is 3.63. The molecule has 1 amide bonds. The van der Waals surface area contributed by atoms with Gasteiger partial charge in [-0.2, -0.15) is 0 Å². The van der Waals surface area contributed by atoms with Crippen molar-refractivity contribution in [2.45, 2.75) is 12.8 Å². The molecule has 0 saturated carbocycles. The van der Waals surface area contributed by atoms with E-state index in [0.29, 0.717) is 48.6 Å². The van der Waals surface area contributed by atoms with Crippen molar-refractivity contribution in [3.63, 3.8) is 0 Å². The highest BCUT2D eigenvalue weighted by Crippen LogP contribution is 2.41. The topological polar surface area (TPSA) is 80.7 Å². The van der Waals surface area contributed by atoms with Gasteiger partial charge in [0.15, 0.2) is 11.5 Å². The largest absolute Gasteiger partial charge is 0.493 e. The Morgan fingerprint density at radius 3 is 2.33 bits per heavy atom. The third kappa shape index (κ3) is 5.62. The average molecular weight is 668 g/mol. The summed E-state index contributed by atoms with van der Waals surface area (Å²) in [4.78, 5) is 33.7. The Labute approximate surface area is 289 Å². The van der Waals surface area contributed by atoms with Gasteiger partial charge in [-0.15, -0.1) is 0 Å². The summed E-state index contributed by atoms with van der Waals surface area (Å²) in [5.41, 5.74) is 8.12. The molecule has 0 bridgehead atoms. The van der Waals surface area contributed by atoms with E-state index in [-0.39, 0.29) is 5.91 Å². The van der Waals surface area contributed by atoms with Crippen molar-refractivity contribution < 1.29 is 14.3 Å². The number of benzene rings is 4. The molecule has 2 aromatic heterocycles. The van der Waals surface area contributed by atoms with Crippen LogP contribution in [-0.4, -0.2) is 66.2 Å². The number of amides is 1. The van der Waals surface area contributed by atoms with Crippen molar-refractivity contribution in [2.75, 3.05) is 45.3 Å². The molecule has 0 N–H and O–H groups in total. The van der Waals surface area contributed by atoms with Gasteiger partial charge >= 0.3 is 0 Å². The number of aromatic nitrogens is 3. The predicted octanol–water partition coefficient (Wildman–Crippen LogP) is 7.96. The second kappa shape index (κ2) is 12.9.